The smallest absolute Gasteiger partial charge is 0.163 e. The monoisotopic (exact) mass is 455 g/mol. The molecule has 0 radical (unpaired) electrons. The zero-order chi connectivity index (χ0) is 23.4. The minimum Gasteiger partial charge on any atom is -0.353 e. The molecule has 4 aromatic heterocycles. The predicted molar refractivity (Wildman–Crippen MR) is 137 cm³/mol. The number of piperazine rings is 1. The molecule has 0 amide bonds. The van der Waals surface area contributed by atoms with Crippen LogP contribution in [0.3, 0.4) is 0 Å². The molecule has 1 aliphatic carbocycles. The van der Waals surface area contributed by atoms with Crippen molar-refractivity contribution in [1.82, 2.24) is 30.2 Å². The summed E-state index contributed by atoms with van der Waals surface area (Å²) in [6.07, 6.45) is 9.56. The van der Waals surface area contributed by atoms with Crippen LogP contribution >= 0.6 is 0 Å². The Balaban J connectivity index is 1.58. The average molecular weight is 456 g/mol. The lowest BCUT2D eigenvalue weighted by Gasteiger charge is -2.35. The van der Waals surface area contributed by atoms with Gasteiger partial charge in [-0.05, 0) is 43.4 Å². The van der Waals surface area contributed by atoms with Crippen LogP contribution in [-0.4, -0.2) is 50.6 Å². The van der Waals surface area contributed by atoms with Crippen LogP contribution in [0, 0.1) is 0 Å². The van der Waals surface area contributed by atoms with Crippen molar-refractivity contribution in [3.63, 3.8) is 0 Å². The molecule has 0 unspecified atom stereocenters. The number of hydrogen-bond donors (Lipinski definition) is 2. The van der Waals surface area contributed by atoms with Gasteiger partial charge in [0, 0.05) is 65.5 Å². The molecule has 7 heteroatoms. The van der Waals surface area contributed by atoms with E-state index in [1.165, 1.54) is 30.2 Å². The van der Waals surface area contributed by atoms with E-state index in [0.29, 0.717) is 12.0 Å². The molecule has 2 fully saturated rings. The molecule has 34 heavy (non-hydrogen) atoms. The van der Waals surface area contributed by atoms with Crippen molar-refractivity contribution >= 4 is 27.8 Å². The van der Waals surface area contributed by atoms with E-state index in [-0.39, 0.29) is 5.41 Å². The molecule has 1 saturated carbocycles. The number of H-pyrrole nitrogens is 1. The summed E-state index contributed by atoms with van der Waals surface area (Å²) in [5, 5.41) is 5.82. The highest BCUT2D eigenvalue weighted by atomic mass is 15.2. The van der Waals surface area contributed by atoms with Gasteiger partial charge < -0.3 is 15.2 Å². The Morgan fingerprint density at radius 2 is 1.97 bits per heavy atom. The summed E-state index contributed by atoms with van der Waals surface area (Å²) in [5.74, 6) is 2.36. The van der Waals surface area contributed by atoms with Gasteiger partial charge in [0.1, 0.15) is 11.5 Å². The van der Waals surface area contributed by atoms with E-state index in [1.807, 2.05) is 18.5 Å². The topological polar surface area (TPSA) is 82.6 Å². The van der Waals surface area contributed by atoms with Gasteiger partial charge in [-0.1, -0.05) is 27.2 Å². The van der Waals surface area contributed by atoms with Gasteiger partial charge in [-0.2, -0.15) is 0 Å². The van der Waals surface area contributed by atoms with Crippen molar-refractivity contribution in [3.05, 3.63) is 42.0 Å². The molecule has 2 N–H and O–H groups in total. The Kier molecular flexibility index (Phi) is 5.06. The summed E-state index contributed by atoms with van der Waals surface area (Å²) < 4.78 is 0. The van der Waals surface area contributed by atoms with Crippen LogP contribution in [0.1, 0.15) is 64.1 Å². The molecule has 2 aliphatic rings. The third-order valence-corrected chi connectivity index (χ3v) is 7.41. The quantitative estimate of drug-likeness (QED) is 0.456. The Morgan fingerprint density at radius 1 is 1.12 bits per heavy atom. The highest BCUT2D eigenvalue weighted by Gasteiger charge is 2.28. The van der Waals surface area contributed by atoms with E-state index in [9.17, 15) is 0 Å². The van der Waals surface area contributed by atoms with E-state index in [1.54, 1.807) is 0 Å². The fourth-order valence-corrected chi connectivity index (χ4v) is 5.22. The third kappa shape index (κ3) is 3.63. The van der Waals surface area contributed by atoms with Crippen LogP contribution in [-0.2, 0) is 5.41 Å². The number of nitrogens with one attached hydrogen (secondary N) is 2. The number of hydrogen-bond acceptors (Lipinski definition) is 6. The molecule has 0 spiro atoms. The SMILES string of the molecule is C[C@H]1CN(c2nc(-c3ccnc4[nH]c(C(C)(C)C)cc34)nc3cncc(C4CCC4)c23)CCN1. The first kappa shape index (κ1) is 21.5. The molecular formula is C27H33N7. The maximum atomic E-state index is 5.27. The zero-order valence-electron chi connectivity index (χ0n) is 20.5. The maximum absolute atomic E-state index is 5.27. The number of fused-ring (bicyclic) bond motifs is 2. The standard InChI is InChI=1S/C27H33N7/c1-16-15-34(11-10-29-16)26-23-20(17-6-5-7-17)13-28-14-21(23)31-25(33-26)18-8-9-30-24-19(18)12-22(32-24)27(2,3)4/h8-9,12-14,16-17,29H,5-7,10-11,15H2,1-4H3,(H,30,32)/t16-/m0/s1. The second kappa shape index (κ2) is 8.01. The second-order valence-corrected chi connectivity index (χ2v) is 11.0. The van der Waals surface area contributed by atoms with Gasteiger partial charge in [-0.15, -0.1) is 0 Å². The van der Waals surface area contributed by atoms with Crippen molar-refractivity contribution in [1.29, 1.82) is 0 Å². The third-order valence-electron chi connectivity index (χ3n) is 7.41. The summed E-state index contributed by atoms with van der Waals surface area (Å²) in [7, 11) is 0. The minimum absolute atomic E-state index is 0.00586. The summed E-state index contributed by atoms with van der Waals surface area (Å²) >= 11 is 0. The van der Waals surface area contributed by atoms with E-state index in [2.05, 4.69) is 65.1 Å². The van der Waals surface area contributed by atoms with Crippen molar-refractivity contribution in [3.8, 4) is 11.4 Å². The zero-order valence-corrected chi connectivity index (χ0v) is 20.5. The lowest BCUT2D eigenvalue weighted by molar-refractivity contribution is 0.421. The molecule has 1 saturated heterocycles. The van der Waals surface area contributed by atoms with Crippen molar-refractivity contribution < 1.29 is 0 Å². The number of rotatable bonds is 3. The largest absolute Gasteiger partial charge is 0.353 e. The number of anilines is 1. The van der Waals surface area contributed by atoms with Gasteiger partial charge in [0.05, 0.1) is 11.7 Å². The molecule has 1 atom stereocenters. The Morgan fingerprint density at radius 3 is 2.71 bits per heavy atom. The Labute approximate surface area is 200 Å². The second-order valence-electron chi connectivity index (χ2n) is 11.0. The normalized spacial score (nSPS) is 19.6. The van der Waals surface area contributed by atoms with Gasteiger partial charge in [-0.25, -0.2) is 15.0 Å². The molecule has 4 aromatic rings. The molecule has 1 aliphatic heterocycles. The summed E-state index contributed by atoms with van der Waals surface area (Å²) in [5.41, 5.74) is 5.31. The first-order chi connectivity index (χ1) is 16.4. The number of nitrogens with zero attached hydrogens (tertiary/aromatic N) is 5. The first-order valence-corrected chi connectivity index (χ1v) is 12.5. The summed E-state index contributed by atoms with van der Waals surface area (Å²) in [6.45, 7) is 11.7. The van der Waals surface area contributed by atoms with Gasteiger partial charge >= 0.3 is 0 Å². The average Bonchev–Trinajstić information content (AvgIpc) is 3.22. The van der Waals surface area contributed by atoms with Gasteiger partial charge in [0.25, 0.3) is 0 Å². The van der Waals surface area contributed by atoms with Crippen LogP contribution in [0.2, 0.25) is 0 Å². The van der Waals surface area contributed by atoms with Crippen LogP contribution in [0.15, 0.2) is 30.7 Å². The van der Waals surface area contributed by atoms with Crippen LogP contribution in [0.5, 0.6) is 0 Å². The van der Waals surface area contributed by atoms with Gasteiger partial charge in [-0.3, -0.25) is 4.98 Å². The number of pyridine rings is 2. The number of aromatic nitrogens is 5. The van der Waals surface area contributed by atoms with E-state index < -0.39 is 0 Å². The minimum atomic E-state index is 0.00586. The number of aromatic amines is 1. The maximum Gasteiger partial charge on any atom is 0.163 e. The van der Waals surface area contributed by atoms with Gasteiger partial charge in [0.15, 0.2) is 5.82 Å². The fraction of sp³-hybridized carbons (Fsp3) is 0.481. The molecule has 0 bridgehead atoms. The lowest BCUT2D eigenvalue weighted by atomic mass is 9.79. The fourth-order valence-electron chi connectivity index (χ4n) is 5.22. The first-order valence-electron chi connectivity index (χ1n) is 12.5. The predicted octanol–water partition coefficient (Wildman–Crippen LogP) is 4.93. The van der Waals surface area contributed by atoms with Crippen molar-refractivity contribution in [2.75, 3.05) is 24.5 Å². The van der Waals surface area contributed by atoms with Crippen molar-refractivity contribution in [2.45, 2.75) is 64.3 Å². The molecule has 7 nitrogen and oxygen atoms in total. The van der Waals surface area contributed by atoms with Crippen LogP contribution in [0.4, 0.5) is 5.82 Å². The Hall–Kier alpha value is -3.06. The molecule has 176 valence electrons. The molecule has 0 aromatic carbocycles. The van der Waals surface area contributed by atoms with Crippen molar-refractivity contribution in [2.24, 2.45) is 0 Å². The highest BCUT2D eigenvalue weighted by molar-refractivity contribution is 5.97. The highest BCUT2D eigenvalue weighted by Crippen LogP contribution is 2.42. The lowest BCUT2D eigenvalue weighted by Crippen LogP contribution is -2.49. The van der Waals surface area contributed by atoms with E-state index in [0.717, 1.165) is 59.1 Å². The van der Waals surface area contributed by atoms with Crippen LogP contribution in [0.25, 0.3) is 33.3 Å². The van der Waals surface area contributed by atoms with E-state index >= 15 is 0 Å². The molecule has 5 heterocycles. The summed E-state index contributed by atoms with van der Waals surface area (Å²) in [6, 6.07) is 4.67. The molecule has 6 rings (SSSR count). The Bertz CT molecular complexity index is 1360. The van der Waals surface area contributed by atoms with Crippen LogP contribution < -0.4 is 10.2 Å². The van der Waals surface area contributed by atoms with Gasteiger partial charge in [0.2, 0.25) is 0 Å². The van der Waals surface area contributed by atoms with E-state index in [4.69, 9.17) is 9.97 Å². The molecular weight excluding hydrogens is 422 g/mol. The summed E-state index contributed by atoms with van der Waals surface area (Å²) in [4.78, 5) is 25.5.